The SMILES string of the molecule is Cc1cc(SCc2ccnc(CN)c2)n(C)n1. The van der Waals surface area contributed by atoms with E-state index in [4.69, 9.17) is 5.73 Å². The van der Waals surface area contributed by atoms with Crippen LogP contribution in [0.1, 0.15) is 17.0 Å². The van der Waals surface area contributed by atoms with Crippen LogP contribution in [0.5, 0.6) is 0 Å². The maximum atomic E-state index is 5.57. The number of rotatable bonds is 4. The van der Waals surface area contributed by atoms with Crippen molar-refractivity contribution in [1.82, 2.24) is 14.8 Å². The second kappa shape index (κ2) is 5.33. The van der Waals surface area contributed by atoms with Crippen LogP contribution in [0.15, 0.2) is 29.4 Å². The van der Waals surface area contributed by atoms with E-state index in [0.29, 0.717) is 6.54 Å². The first-order chi connectivity index (χ1) is 8.19. The van der Waals surface area contributed by atoms with E-state index in [9.17, 15) is 0 Å². The number of aromatic nitrogens is 3. The molecule has 0 radical (unpaired) electrons. The standard InChI is InChI=1S/C12H16N4S/c1-9-5-12(16(2)15-9)17-8-10-3-4-14-11(6-10)7-13/h3-6H,7-8,13H2,1-2H3. The van der Waals surface area contributed by atoms with Crippen molar-refractivity contribution in [3.63, 3.8) is 0 Å². The molecule has 0 amide bonds. The minimum atomic E-state index is 0.489. The summed E-state index contributed by atoms with van der Waals surface area (Å²) in [5.74, 6) is 0.911. The smallest absolute Gasteiger partial charge is 0.0942 e. The van der Waals surface area contributed by atoms with Gasteiger partial charge < -0.3 is 5.73 Å². The molecule has 2 aromatic heterocycles. The highest BCUT2D eigenvalue weighted by molar-refractivity contribution is 7.98. The lowest BCUT2D eigenvalue weighted by atomic mass is 10.2. The molecule has 0 aliphatic rings. The Bertz CT molecular complexity index is 507. The second-order valence-electron chi connectivity index (χ2n) is 3.90. The fourth-order valence-corrected chi connectivity index (χ4v) is 2.58. The molecule has 0 bridgehead atoms. The normalized spacial score (nSPS) is 10.8. The van der Waals surface area contributed by atoms with Gasteiger partial charge in [0.25, 0.3) is 0 Å². The molecule has 2 heterocycles. The Hall–Kier alpha value is -1.33. The van der Waals surface area contributed by atoms with Crippen LogP contribution in [-0.2, 0) is 19.3 Å². The third-order valence-corrected chi connectivity index (χ3v) is 3.59. The zero-order valence-corrected chi connectivity index (χ0v) is 10.9. The molecule has 2 N–H and O–H groups in total. The van der Waals surface area contributed by atoms with Crippen LogP contribution in [0.3, 0.4) is 0 Å². The van der Waals surface area contributed by atoms with Crippen molar-refractivity contribution in [2.45, 2.75) is 24.2 Å². The Morgan fingerprint density at radius 2 is 2.24 bits per heavy atom. The molecule has 90 valence electrons. The molecule has 0 aliphatic heterocycles. The van der Waals surface area contributed by atoms with Crippen molar-refractivity contribution in [3.8, 4) is 0 Å². The number of pyridine rings is 1. The Labute approximate surface area is 105 Å². The van der Waals surface area contributed by atoms with Crippen LogP contribution in [0.2, 0.25) is 0 Å². The van der Waals surface area contributed by atoms with Crippen molar-refractivity contribution in [2.75, 3.05) is 0 Å². The van der Waals surface area contributed by atoms with Gasteiger partial charge in [-0.2, -0.15) is 5.10 Å². The highest BCUT2D eigenvalue weighted by Gasteiger charge is 2.03. The van der Waals surface area contributed by atoms with E-state index in [2.05, 4.69) is 22.2 Å². The number of hydrogen-bond acceptors (Lipinski definition) is 4. The van der Waals surface area contributed by atoms with E-state index in [1.165, 1.54) is 10.6 Å². The first-order valence-electron chi connectivity index (χ1n) is 5.46. The maximum Gasteiger partial charge on any atom is 0.0942 e. The quantitative estimate of drug-likeness (QED) is 0.839. The van der Waals surface area contributed by atoms with Crippen LogP contribution < -0.4 is 5.73 Å². The molecule has 0 atom stereocenters. The summed E-state index contributed by atoms with van der Waals surface area (Å²) in [6, 6.07) is 6.17. The van der Waals surface area contributed by atoms with Gasteiger partial charge in [0.05, 0.1) is 16.4 Å². The summed E-state index contributed by atoms with van der Waals surface area (Å²) in [6.45, 7) is 2.49. The lowest BCUT2D eigenvalue weighted by Crippen LogP contribution is -1.99. The first-order valence-corrected chi connectivity index (χ1v) is 6.45. The fraction of sp³-hybridized carbons (Fsp3) is 0.333. The van der Waals surface area contributed by atoms with E-state index in [1.54, 1.807) is 11.8 Å². The molecule has 5 heteroatoms. The highest BCUT2D eigenvalue weighted by atomic mass is 32.2. The topological polar surface area (TPSA) is 56.7 Å². The van der Waals surface area contributed by atoms with Gasteiger partial charge in [-0.3, -0.25) is 9.67 Å². The maximum absolute atomic E-state index is 5.57. The van der Waals surface area contributed by atoms with Crippen molar-refractivity contribution in [3.05, 3.63) is 41.3 Å². The summed E-state index contributed by atoms with van der Waals surface area (Å²) in [4.78, 5) is 4.18. The predicted octanol–water partition coefficient (Wildman–Crippen LogP) is 1.87. The summed E-state index contributed by atoms with van der Waals surface area (Å²) in [5, 5.41) is 5.50. The average molecular weight is 248 g/mol. The third-order valence-electron chi connectivity index (χ3n) is 2.44. The second-order valence-corrected chi connectivity index (χ2v) is 4.89. The summed E-state index contributed by atoms with van der Waals surface area (Å²) in [5.41, 5.74) is 8.79. The lowest BCUT2D eigenvalue weighted by molar-refractivity contribution is 0.692. The van der Waals surface area contributed by atoms with Gasteiger partial charge in [0, 0.05) is 25.5 Å². The minimum absolute atomic E-state index is 0.489. The van der Waals surface area contributed by atoms with E-state index >= 15 is 0 Å². The average Bonchev–Trinajstić information content (AvgIpc) is 2.65. The van der Waals surface area contributed by atoms with Crippen molar-refractivity contribution >= 4 is 11.8 Å². The Balaban J connectivity index is 2.04. The largest absolute Gasteiger partial charge is 0.325 e. The van der Waals surface area contributed by atoms with Gasteiger partial charge >= 0.3 is 0 Å². The number of aryl methyl sites for hydroxylation is 2. The lowest BCUT2D eigenvalue weighted by Gasteiger charge is -2.03. The number of thioether (sulfide) groups is 1. The summed E-state index contributed by atoms with van der Waals surface area (Å²) < 4.78 is 1.91. The van der Waals surface area contributed by atoms with Crippen molar-refractivity contribution in [1.29, 1.82) is 0 Å². The Kier molecular flexibility index (Phi) is 3.81. The summed E-state index contributed by atoms with van der Waals surface area (Å²) in [7, 11) is 1.97. The van der Waals surface area contributed by atoms with Gasteiger partial charge in [0.2, 0.25) is 0 Å². The number of nitrogens with two attached hydrogens (primary N) is 1. The Morgan fingerprint density at radius 3 is 2.88 bits per heavy atom. The zero-order valence-electron chi connectivity index (χ0n) is 10.1. The summed E-state index contributed by atoms with van der Waals surface area (Å²) >= 11 is 1.77. The van der Waals surface area contributed by atoms with Crippen LogP contribution in [-0.4, -0.2) is 14.8 Å². The van der Waals surface area contributed by atoms with Crippen molar-refractivity contribution in [2.24, 2.45) is 12.8 Å². The Morgan fingerprint density at radius 1 is 1.41 bits per heavy atom. The molecular formula is C12H16N4S. The molecule has 0 aliphatic carbocycles. The summed E-state index contributed by atoms with van der Waals surface area (Å²) in [6.07, 6.45) is 1.81. The van der Waals surface area contributed by atoms with Gasteiger partial charge in [-0.1, -0.05) is 0 Å². The van der Waals surface area contributed by atoms with Gasteiger partial charge in [0.15, 0.2) is 0 Å². The molecule has 4 nitrogen and oxygen atoms in total. The van der Waals surface area contributed by atoms with E-state index < -0.39 is 0 Å². The van der Waals surface area contributed by atoms with Crippen LogP contribution >= 0.6 is 11.8 Å². The zero-order chi connectivity index (χ0) is 12.3. The molecule has 0 saturated carbocycles. The molecule has 17 heavy (non-hydrogen) atoms. The molecular weight excluding hydrogens is 232 g/mol. The molecule has 0 aromatic carbocycles. The first kappa shape index (κ1) is 12.1. The molecule has 0 spiro atoms. The van der Waals surface area contributed by atoms with E-state index in [-0.39, 0.29) is 0 Å². The van der Waals surface area contributed by atoms with E-state index in [0.717, 1.165) is 17.1 Å². The monoisotopic (exact) mass is 248 g/mol. The van der Waals surface area contributed by atoms with Crippen LogP contribution in [0.25, 0.3) is 0 Å². The van der Waals surface area contributed by atoms with Crippen molar-refractivity contribution < 1.29 is 0 Å². The molecule has 0 fully saturated rings. The fourth-order valence-electron chi connectivity index (χ4n) is 1.61. The van der Waals surface area contributed by atoms with Gasteiger partial charge in [-0.25, -0.2) is 0 Å². The third kappa shape index (κ3) is 3.08. The molecule has 2 aromatic rings. The van der Waals surface area contributed by atoms with Crippen LogP contribution in [0.4, 0.5) is 0 Å². The van der Waals surface area contributed by atoms with E-state index in [1.807, 2.05) is 30.9 Å². The molecule has 0 saturated heterocycles. The highest BCUT2D eigenvalue weighted by Crippen LogP contribution is 2.22. The number of nitrogens with zero attached hydrogens (tertiary/aromatic N) is 3. The van der Waals surface area contributed by atoms with Crippen LogP contribution in [0, 0.1) is 6.92 Å². The number of hydrogen-bond donors (Lipinski definition) is 1. The molecule has 0 unspecified atom stereocenters. The molecule has 2 rings (SSSR count). The predicted molar refractivity (Wildman–Crippen MR) is 69.6 cm³/mol. The van der Waals surface area contributed by atoms with Gasteiger partial charge in [-0.05, 0) is 30.7 Å². The minimum Gasteiger partial charge on any atom is -0.325 e. The van der Waals surface area contributed by atoms with Gasteiger partial charge in [-0.15, -0.1) is 11.8 Å². The van der Waals surface area contributed by atoms with Gasteiger partial charge in [0.1, 0.15) is 0 Å².